The summed E-state index contributed by atoms with van der Waals surface area (Å²) in [7, 11) is 0. The van der Waals surface area contributed by atoms with Gasteiger partial charge < -0.3 is 11.5 Å². The zero-order valence-electron chi connectivity index (χ0n) is 9.04. The fraction of sp³-hybridized carbons (Fsp3) is 0.909. The van der Waals surface area contributed by atoms with Crippen LogP contribution in [-0.2, 0) is 4.79 Å². The summed E-state index contributed by atoms with van der Waals surface area (Å²) in [5.41, 5.74) is 11.4. The molecule has 1 saturated carbocycles. The van der Waals surface area contributed by atoms with Crippen LogP contribution in [0.3, 0.4) is 0 Å². The van der Waals surface area contributed by atoms with E-state index < -0.39 is 0 Å². The average molecular weight is 198 g/mol. The van der Waals surface area contributed by atoms with Crippen LogP contribution in [0.2, 0.25) is 0 Å². The zero-order valence-corrected chi connectivity index (χ0v) is 9.04. The van der Waals surface area contributed by atoms with Gasteiger partial charge in [0, 0.05) is 0 Å². The summed E-state index contributed by atoms with van der Waals surface area (Å²) in [6.07, 6.45) is 5.69. The summed E-state index contributed by atoms with van der Waals surface area (Å²) in [4.78, 5) is 11.0. The molecule has 0 radical (unpaired) electrons. The van der Waals surface area contributed by atoms with Gasteiger partial charge in [0.15, 0.2) is 0 Å². The SMILES string of the molecule is CC(=O)[C@@H](N)C[C@H]1CC[C@H](CN)CC1. The summed E-state index contributed by atoms with van der Waals surface area (Å²) >= 11 is 0. The van der Waals surface area contributed by atoms with E-state index in [0.717, 1.165) is 13.0 Å². The highest BCUT2D eigenvalue weighted by atomic mass is 16.1. The van der Waals surface area contributed by atoms with Crippen molar-refractivity contribution < 1.29 is 4.79 Å². The molecule has 1 aliphatic rings. The Morgan fingerprint density at radius 1 is 1.29 bits per heavy atom. The van der Waals surface area contributed by atoms with Gasteiger partial charge in [-0.15, -0.1) is 0 Å². The lowest BCUT2D eigenvalue weighted by atomic mass is 9.79. The van der Waals surface area contributed by atoms with Crippen molar-refractivity contribution in [3.05, 3.63) is 0 Å². The number of hydrogen-bond donors (Lipinski definition) is 2. The van der Waals surface area contributed by atoms with E-state index in [9.17, 15) is 4.79 Å². The first-order valence-corrected chi connectivity index (χ1v) is 5.59. The predicted molar refractivity (Wildman–Crippen MR) is 57.8 cm³/mol. The molecule has 0 aromatic carbocycles. The second kappa shape index (κ2) is 5.47. The Balaban J connectivity index is 2.25. The molecule has 14 heavy (non-hydrogen) atoms. The van der Waals surface area contributed by atoms with Crippen molar-refractivity contribution in [1.29, 1.82) is 0 Å². The van der Waals surface area contributed by atoms with Crippen molar-refractivity contribution in [3.63, 3.8) is 0 Å². The van der Waals surface area contributed by atoms with E-state index in [1.54, 1.807) is 6.92 Å². The molecular formula is C11H22N2O. The Hall–Kier alpha value is -0.410. The Kier molecular flexibility index (Phi) is 4.55. The van der Waals surface area contributed by atoms with Gasteiger partial charge in [0.1, 0.15) is 5.78 Å². The second-order valence-electron chi connectivity index (χ2n) is 4.58. The Morgan fingerprint density at radius 3 is 2.21 bits per heavy atom. The van der Waals surface area contributed by atoms with Crippen LogP contribution >= 0.6 is 0 Å². The molecule has 0 aliphatic heterocycles. The highest BCUT2D eigenvalue weighted by Gasteiger charge is 2.22. The second-order valence-corrected chi connectivity index (χ2v) is 4.58. The molecule has 4 N–H and O–H groups in total. The first-order valence-electron chi connectivity index (χ1n) is 5.59. The molecule has 0 heterocycles. The first-order chi connectivity index (χ1) is 6.63. The van der Waals surface area contributed by atoms with Gasteiger partial charge in [0.25, 0.3) is 0 Å². The maximum absolute atomic E-state index is 11.0. The number of carbonyl (C=O) groups is 1. The highest BCUT2D eigenvalue weighted by Crippen LogP contribution is 2.30. The molecule has 0 amide bonds. The molecule has 0 bridgehead atoms. The molecule has 82 valence electrons. The monoisotopic (exact) mass is 198 g/mol. The normalized spacial score (nSPS) is 29.9. The van der Waals surface area contributed by atoms with Gasteiger partial charge in [-0.2, -0.15) is 0 Å². The van der Waals surface area contributed by atoms with Gasteiger partial charge >= 0.3 is 0 Å². The van der Waals surface area contributed by atoms with Gasteiger partial charge in [-0.25, -0.2) is 0 Å². The van der Waals surface area contributed by atoms with E-state index in [1.165, 1.54) is 25.7 Å². The van der Waals surface area contributed by atoms with Crippen LogP contribution in [0.4, 0.5) is 0 Å². The van der Waals surface area contributed by atoms with Gasteiger partial charge in [-0.05, 0) is 44.6 Å². The lowest BCUT2D eigenvalue weighted by Crippen LogP contribution is -2.32. The lowest BCUT2D eigenvalue weighted by Gasteiger charge is -2.28. The summed E-state index contributed by atoms with van der Waals surface area (Å²) in [5.74, 6) is 1.47. The van der Waals surface area contributed by atoms with E-state index in [4.69, 9.17) is 11.5 Å². The van der Waals surface area contributed by atoms with Crippen LogP contribution in [0.25, 0.3) is 0 Å². The van der Waals surface area contributed by atoms with Crippen LogP contribution < -0.4 is 11.5 Å². The standard InChI is InChI=1S/C11H22N2O/c1-8(14)11(13)6-9-2-4-10(7-12)5-3-9/h9-11H,2-7,12-13H2,1H3/t9-,10-,11-/m0/s1. The third-order valence-corrected chi connectivity index (χ3v) is 3.41. The van der Waals surface area contributed by atoms with Crippen LogP contribution in [0.15, 0.2) is 0 Å². The highest BCUT2D eigenvalue weighted by molar-refractivity contribution is 5.81. The van der Waals surface area contributed by atoms with Crippen LogP contribution in [-0.4, -0.2) is 18.4 Å². The summed E-state index contributed by atoms with van der Waals surface area (Å²) in [5, 5.41) is 0. The van der Waals surface area contributed by atoms with Crippen LogP contribution in [0.1, 0.15) is 39.0 Å². The molecule has 0 saturated heterocycles. The Bertz CT molecular complexity index is 186. The van der Waals surface area contributed by atoms with Gasteiger partial charge in [0.2, 0.25) is 0 Å². The van der Waals surface area contributed by atoms with E-state index in [1.807, 2.05) is 0 Å². The van der Waals surface area contributed by atoms with Crippen molar-refractivity contribution in [2.45, 2.75) is 45.1 Å². The summed E-state index contributed by atoms with van der Waals surface area (Å²) in [6, 6.07) is -0.241. The molecule has 1 fully saturated rings. The van der Waals surface area contributed by atoms with E-state index in [2.05, 4.69) is 0 Å². The van der Waals surface area contributed by atoms with Crippen molar-refractivity contribution >= 4 is 5.78 Å². The van der Waals surface area contributed by atoms with Crippen LogP contribution in [0.5, 0.6) is 0 Å². The number of rotatable bonds is 4. The van der Waals surface area contributed by atoms with Gasteiger partial charge in [-0.1, -0.05) is 12.8 Å². The molecule has 1 aliphatic carbocycles. The Labute approximate surface area is 86.2 Å². The molecule has 3 heteroatoms. The maximum atomic E-state index is 11.0. The van der Waals surface area contributed by atoms with E-state index in [0.29, 0.717) is 11.8 Å². The number of Topliss-reactive ketones (excluding diaryl/α,β-unsaturated/α-hetero) is 1. The molecule has 1 rings (SSSR count). The molecular weight excluding hydrogens is 176 g/mol. The lowest BCUT2D eigenvalue weighted by molar-refractivity contribution is -0.118. The molecule has 0 unspecified atom stereocenters. The smallest absolute Gasteiger partial charge is 0.146 e. The minimum Gasteiger partial charge on any atom is -0.330 e. The minimum absolute atomic E-state index is 0.117. The molecule has 1 atom stereocenters. The minimum atomic E-state index is -0.241. The number of hydrogen-bond acceptors (Lipinski definition) is 3. The average Bonchev–Trinajstić information content (AvgIpc) is 2.19. The topological polar surface area (TPSA) is 69.1 Å². The maximum Gasteiger partial charge on any atom is 0.146 e. The third-order valence-electron chi connectivity index (χ3n) is 3.41. The first kappa shape index (κ1) is 11.7. The largest absolute Gasteiger partial charge is 0.330 e. The Morgan fingerprint density at radius 2 is 1.79 bits per heavy atom. The van der Waals surface area contributed by atoms with Crippen molar-refractivity contribution in [2.75, 3.05) is 6.54 Å². The fourth-order valence-corrected chi connectivity index (χ4v) is 2.23. The van der Waals surface area contributed by atoms with Crippen molar-refractivity contribution in [1.82, 2.24) is 0 Å². The number of carbonyl (C=O) groups excluding carboxylic acids is 1. The molecule has 0 aromatic heterocycles. The number of ketones is 1. The summed E-state index contributed by atoms with van der Waals surface area (Å²) < 4.78 is 0. The van der Waals surface area contributed by atoms with Gasteiger partial charge in [0.05, 0.1) is 6.04 Å². The quantitative estimate of drug-likeness (QED) is 0.709. The van der Waals surface area contributed by atoms with Crippen molar-refractivity contribution in [3.8, 4) is 0 Å². The van der Waals surface area contributed by atoms with E-state index >= 15 is 0 Å². The predicted octanol–water partition coefficient (Wildman–Crippen LogP) is 1.06. The number of nitrogens with two attached hydrogens (primary N) is 2. The van der Waals surface area contributed by atoms with Crippen molar-refractivity contribution in [2.24, 2.45) is 23.3 Å². The molecule has 0 aromatic rings. The fourth-order valence-electron chi connectivity index (χ4n) is 2.23. The third kappa shape index (κ3) is 3.39. The van der Waals surface area contributed by atoms with Gasteiger partial charge in [-0.3, -0.25) is 4.79 Å². The molecule has 0 spiro atoms. The zero-order chi connectivity index (χ0) is 10.6. The van der Waals surface area contributed by atoms with Crippen LogP contribution in [0, 0.1) is 11.8 Å². The summed E-state index contributed by atoms with van der Waals surface area (Å²) in [6.45, 7) is 2.39. The van der Waals surface area contributed by atoms with E-state index in [-0.39, 0.29) is 11.8 Å². The molecule has 3 nitrogen and oxygen atoms in total.